The fourth-order valence-electron chi connectivity index (χ4n) is 2.11. The van der Waals surface area contributed by atoms with Crippen molar-refractivity contribution < 1.29 is 4.79 Å². The summed E-state index contributed by atoms with van der Waals surface area (Å²) in [7, 11) is 0. The number of amides is 1. The molecule has 0 aromatic rings. The predicted octanol–water partition coefficient (Wildman–Crippen LogP) is 1.39. The van der Waals surface area contributed by atoms with Crippen LogP contribution in [0.3, 0.4) is 0 Å². The molecule has 0 aromatic heterocycles. The lowest BCUT2D eigenvalue weighted by Gasteiger charge is -2.23. The zero-order valence-electron chi connectivity index (χ0n) is 12.5. The van der Waals surface area contributed by atoms with Crippen molar-refractivity contribution in [3.63, 3.8) is 0 Å². The van der Waals surface area contributed by atoms with Gasteiger partial charge in [-0.25, -0.2) is 0 Å². The van der Waals surface area contributed by atoms with E-state index in [9.17, 15) is 4.79 Å². The van der Waals surface area contributed by atoms with Gasteiger partial charge < -0.3 is 16.4 Å². The Balaban J connectivity index is 2.19. The van der Waals surface area contributed by atoms with Crippen LogP contribution in [0.15, 0.2) is 4.99 Å². The molecule has 5 nitrogen and oxygen atoms in total. The lowest BCUT2D eigenvalue weighted by molar-refractivity contribution is -0.128. The maximum absolute atomic E-state index is 11.6. The van der Waals surface area contributed by atoms with E-state index >= 15 is 0 Å². The molecule has 1 saturated carbocycles. The van der Waals surface area contributed by atoms with E-state index in [-0.39, 0.29) is 11.3 Å². The van der Waals surface area contributed by atoms with Crippen molar-refractivity contribution in [1.29, 1.82) is 0 Å². The highest BCUT2D eigenvalue weighted by Crippen LogP contribution is 2.17. The molecule has 0 aromatic carbocycles. The Kier molecular flexibility index (Phi) is 6.12. The topological polar surface area (TPSA) is 79.5 Å². The maximum Gasteiger partial charge on any atom is 0.225 e. The van der Waals surface area contributed by atoms with E-state index in [1.807, 2.05) is 20.8 Å². The molecule has 4 N–H and O–H groups in total. The van der Waals surface area contributed by atoms with Crippen molar-refractivity contribution in [2.75, 3.05) is 13.1 Å². The van der Waals surface area contributed by atoms with Crippen LogP contribution in [0.1, 0.15) is 52.9 Å². The fourth-order valence-corrected chi connectivity index (χ4v) is 2.11. The lowest BCUT2D eigenvalue weighted by Crippen LogP contribution is -2.41. The van der Waals surface area contributed by atoms with Gasteiger partial charge in [0.15, 0.2) is 5.96 Å². The predicted molar refractivity (Wildman–Crippen MR) is 79.0 cm³/mol. The van der Waals surface area contributed by atoms with Crippen LogP contribution < -0.4 is 16.4 Å². The maximum atomic E-state index is 11.6. The second-order valence-electron chi connectivity index (χ2n) is 6.25. The molecule has 0 spiro atoms. The molecular weight excluding hydrogens is 240 g/mol. The van der Waals surface area contributed by atoms with Gasteiger partial charge in [-0.05, 0) is 12.8 Å². The first-order valence-corrected chi connectivity index (χ1v) is 7.24. The summed E-state index contributed by atoms with van der Waals surface area (Å²) in [5, 5.41) is 6.10. The molecule has 0 saturated heterocycles. The lowest BCUT2D eigenvalue weighted by atomic mass is 9.96. The average molecular weight is 268 g/mol. The van der Waals surface area contributed by atoms with Crippen LogP contribution >= 0.6 is 0 Å². The normalized spacial score (nSPS) is 18.2. The van der Waals surface area contributed by atoms with Crippen molar-refractivity contribution >= 4 is 11.9 Å². The summed E-state index contributed by atoms with van der Waals surface area (Å²) in [5.41, 5.74) is 5.48. The molecule has 1 rings (SSSR count). The van der Waals surface area contributed by atoms with E-state index in [2.05, 4.69) is 15.6 Å². The second-order valence-corrected chi connectivity index (χ2v) is 6.25. The molecule has 1 fully saturated rings. The van der Waals surface area contributed by atoms with E-state index in [4.69, 9.17) is 5.73 Å². The Morgan fingerprint density at radius 1 is 1.26 bits per heavy atom. The molecule has 0 atom stereocenters. The minimum atomic E-state index is -0.352. The number of nitrogens with one attached hydrogen (secondary N) is 2. The SMILES string of the molecule is CC(C)(C)C(=O)NCCN=C(N)NC1CCCCC1. The number of carbonyl (C=O) groups is 1. The monoisotopic (exact) mass is 268 g/mol. The third kappa shape index (κ3) is 6.45. The van der Waals surface area contributed by atoms with E-state index in [0.29, 0.717) is 25.1 Å². The summed E-state index contributed by atoms with van der Waals surface area (Å²) in [4.78, 5) is 15.9. The Labute approximate surface area is 116 Å². The highest BCUT2D eigenvalue weighted by Gasteiger charge is 2.20. The van der Waals surface area contributed by atoms with Gasteiger partial charge in [-0.1, -0.05) is 40.0 Å². The van der Waals surface area contributed by atoms with Gasteiger partial charge in [-0.15, -0.1) is 0 Å². The number of hydrogen-bond donors (Lipinski definition) is 3. The van der Waals surface area contributed by atoms with Gasteiger partial charge in [0, 0.05) is 18.0 Å². The van der Waals surface area contributed by atoms with Crippen LogP contribution in [-0.2, 0) is 4.79 Å². The second kappa shape index (κ2) is 7.36. The van der Waals surface area contributed by atoms with Gasteiger partial charge in [0.05, 0.1) is 6.54 Å². The summed E-state index contributed by atoms with van der Waals surface area (Å²) in [6, 6.07) is 0.474. The van der Waals surface area contributed by atoms with Crippen molar-refractivity contribution in [3.8, 4) is 0 Å². The van der Waals surface area contributed by atoms with Gasteiger partial charge in [0.2, 0.25) is 5.91 Å². The Hall–Kier alpha value is -1.26. The van der Waals surface area contributed by atoms with Gasteiger partial charge >= 0.3 is 0 Å². The van der Waals surface area contributed by atoms with Crippen molar-refractivity contribution in [2.45, 2.75) is 58.9 Å². The number of rotatable bonds is 4. The van der Waals surface area contributed by atoms with Crippen LogP contribution in [0.25, 0.3) is 0 Å². The highest BCUT2D eigenvalue weighted by atomic mass is 16.2. The summed E-state index contributed by atoms with van der Waals surface area (Å²) in [6.45, 7) is 6.73. The minimum Gasteiger partial charge on any atom is -0.370 e. The van der Waals surface area contributed by atoms with Gasteiger partial charge in [0.1, 0.15) is 0 Å². The highest BCUT2D eigenvalue weighted by molar-refractivity contribution is 5.81. The minimum absolute atomic E-state index is 0.0431. The van der Waals surface area contributed by atoms with E-state index < -0.39 is 0 Å². The number of nitrogens with two attached hydrogens (primary N) is 1. The quantitative estimate of drug-likeness (QED) is 0.409. The summed E-state index contributed by atoms with van der Waals surface area (Å²) >= 11 is 0. The van der Waals surface area contributed by atoms with Crippen LogP contribution in [-0.4, -0.2) is 31.0 Å². The number of guanidine groups is 1. The zero-order valence-corrected chi connectivity index (χ0v) is 12.5. The molecule has 1 aliphatic carbocycles. The first kappa shape index (κ1) is 15.8. The molecule has 110 valence electrons. The summed E-state index contributed by atoms with van der Waals surface area (Å²) < 4.78 is 0. The molecule has 1 aliphatic rings. The zero-order chi connectivity index (χ0) is 14.3. The number of nitrogens with zero attached hydrogens (tertiary/aromatic N) is 1. The van der Waals surface area contributed by atoms with Gasteiger partial charge in [0.25, 0.3) is 0 Å². The fraction of sp³-hybridized carbons (Fsp3) is 0.857. The van der Waals surface area contributed by atoms with Gasteiger partial charge in [-0.3, -0.25) is 9.79 Å². The number of aliphatic imine (C=N–C) groups is 1. The molecule has 0 unspecified atom stereocenters. The smallest absolute Gasteiger partial charge is 0.225 e. The number of carbonyl (C=O) groups excluding carboxylic acids is 1. The molecule has 1 amide bonds. The largest absolute Gasteiger partial charge is 0.370 e. The van der Waals surface area contributed by atoms with E-state index in [0.717, 1.165) is 0 Å². The standard InChI is InChI=1S/C14H28N4O/c1-14(2,3)12(19)16-9-10-17-13(15)18-11-7-5-4-6-8-11/h11H,4-10H2,1-3H3,(H,16,19)(H3,15,17,18). The third-order valence-corrected chi connectivity index (χ3v) is 3.32. The Morgan fingerprint density at radius 2 is 1.89 bits per heavy atom. The van der Waals surface area contributed by atoms with Crippen LogP contribution in [0.4, 0.5) is 0 Å². The van der Waals surface area contributed by atoms with Gasteiger partial charge in [-0.2, -0.15) is 0 Å². The first-order valence-electron chi connectivity index (χ1n) is 7.24. The first-order chi connectivity index (χ1) is 8.89. The molecular formula is C14H28N4O. The van der Waals surface area contributed by atoms with E-state index in [1.54, 1.807) is 0 Å². The summed E-state index contributed by atoms with van der Waals surface area (Å²) in [5.74, 6) is 0.540. The number of hydrogen-bond acceptors (Lipinski definition) is 2. The van der Waals surface area contributed by atoms with Crippen LogP contribution in [0.2, 0.25) is 0 Å². The molecule has 0 aliphatic heterocycles. The molecule has 5 heteroatoms. The Morgan fingerprint density at radius 3 is 2.47 bits per heavy atom. The molecule has 0 radical (unpaired) electrons. The van der Waals surface area contributed by atoms with Crippen LogP contribution in [0.5, 0.6) is 0 Å². The van der Waals surface area contributed by atoms with Crippen molar-refractivity contribution in [3.05, 3.63) is 0 Å². The molecule has 0 bridgehead atoms. The summed E-state index contributed by atoms with van der Waals surface area (Å²) in [6.07, 6.45) is 6.22. The Bertz CT molecular complexity index is 314. The average Bonchev–Trinajstić information content (AvgIpc) is 2.34. The van der Waals surface area contributed by atoms with E-state index in [1.165, 1.54) is 32.1 Å². The van der Waals surface area contributed by atoms with Crippen LogP contribution in [0, 0.1) is 5.41 Å². The molecule has 19 heavy (non-hydrogen) atoms. The van der Waals surface area contributed by atoms with Crippen molar-refractivity contribution in [1.82, 2.24) is 10.6 Å². The molecule has 0 heterocycles. The third-order valence-electron chi connectivity index (χ3n) is 3.32. The van der Waals surface area contributed by atoms with Crippen molar-refractivity contribution in [2.24, 2.45) is 16.1 Å².